The summed E-state index contributed by atoms with van der Waals surface area (Å²) in [6.07, 6.45) is 2.93. The van der Waals surface area contributed by atoms with Crippen molar-refractivity contribution in [1.29, 1.82) is 0 Å². The van der Waals surface area contributed by atoms with Crippen LogP contribution in [0.4, 0.5) is 5.69 Å². The lowest BCUT2D eigenvalue weighted by atomic mass is 10.2. The number of aliphatic hydroxyl groups is 1. The van der Waals surface area contributed by atoms with Crippen molar-refractivity contribution in [3.8, 4) is 0 Å². The Hall–Kier alpha value is -1.62. The van der Waals surface area contributed by atoms with Crippen LogP contribution in [0.3, 0.4) is 0 Å². The number of pyridine rings is 1. The molecule has 0 saturated carbocycles. The molecule has 0 fully saturated rings. The summed E-state index contributed by atoms with van der Waals surface area (Å²) >= 11 is 0. The smallest absolute Gasteiger partial charge is 0.269 e. The van der Waals surface area contributed by atoms with E-state index in [9.17, 15) is 9.90 Å². The van der Waals surface area contributed by atoms with Crippen molar-refractivity contribution in [3.05, 3.63) is 24.0 Å². The quantitative estimate of drug-likeness (QED) is 0.685. The number of nitrogens with zero attached hydrogens (tertiary/aromatic N) is 1. The molecule has 1 heterocycles. The van der Waals surface area contributed by atoms with Gasteiger partial charge in [-0.3, -0.25) is 9.78 Å². The van der Waals surface area contributed by atoms with E-state index in [1.165, 1.54) is 0 Å². The molecule has 0 aliphatic carbocycles. The molecule has 1 unspecified atom stereocenters. The molecule has 100 valence electrons. The van der Waals surface area contributed by atoms with E-state index in [1.807, 2.05) is 13.8 Å². The lowest BCUT2D eigenvalue weighted by Crippen LogP contribution is -2.24. The SMILES string of the molecule is CCCC(O)CNc1ccnc(C(=O)NCC)c1. The van der Waals surface area contributed by atoms with Crippen LogP contribution in [0.5, 0.6) is 0 Å². The number of rotatable bonds is 7. The summed E-state index contributed by atoms with van der Waals surface area (Å²) in [7, 11) is 0. The van der Waals surface area contributed by atoms with Crippen molar-refractivity contribution >= 4 is 11.6 Å². The first-order valence-electron chi connectivity index (χ1n) is 6.33. The summed E-state index contributed by atoms with van der Waals surface area (Å²) in [5, 5.41) is 15.4. The highest BCUT2D eigenvalue weighted by atomic mass is 16.3. The van der Waals surface area contributed by atoms with Gasteiger partial charge in [0.05, 0.1) is 6.10 Å². The van der Waals surface area contributed by atoms with E-state index in [4.69, 9.17) is 0 Å². The highest BCUT2D eigenvalue weighted by molar-refractivity contribution is 5.93. The largest absolute Gasteiger partial charge is 0.391 e. The van der Waals surface area contributed by atoms with Gasteiger partial charge in [-0.05, 0) is 25.5 Å². The molecule has 0 radical (unpaired) electrons. The molecule has 5 nitrogen and oxygen atoms in total. The molecule has 18 heavy (non-hydrogen) atoms. The van der Waals surface area contributed by atoms with Gasteiger partial charge in [0.1, 0.15) is 5.69 Å². The van der Waals surface area contributed by atoms with Crippen molar-refractivity contribution < 1.29 is 9.90 Å². The number of nitrogens with one attached hydrogen (secondary N) is 2. The summed E-state index contributed by atoms with van der Waals surface area (Å²) in [6.45, 7) is 4.95. The van der Waals surface area contributed by atoms with Gasteiger partial charge < -0.3 is 15.7 Å². The van der Waals surface area contributed by atoms with Gasteiger partial charge in [-0.25, -0.2) is 0 Å². The van der Waals surface area contributed by atoms with Crippen LogP contribution in [0, 0.1) is 0 Å². The molecule has 0 spiro atoms. The normalized spacial score (nSPS) is 11.9. The second kappa shape index (κ2) is 7.66. The van der Waals surface area contributed by atoms with E-state index < -0.39 is 0 Å². The van der Waals surface area contributed by atoms with E-state index in [0.717, 1.165) is 18.5 Å². The number of anilines is 1. The Morgan fingerprint density at radius 2 is 2.28 bits per heavy atom. The summed E-state index contributed by atoms with van der Waals surface area (Å²) in [5.74, 6) is -0.185. The summed E-state index contributed by atoms with van der Waals surface area (Å²) in [4.78, 5) is 15.6. The number of hydrogen-bond donors (Lipinski definition) is 3. The molecule has 0 saturated heterocycles. The molecule has 5 heteroatoms. The van der Waals surface area contributed by atoms with Crippen molar-refractivity contribution in [2.24, 2.45) is 0 Å². The number of hydrogen-bond acceptors (Lipinski definition) is 4. The van der Waals surface area contributed by atoms with Crippen molar-refractivity contribution in [1.82, 2.24) is 10.3 Å². The van der Waals surface area contributed by atoms with Gasteiger partial charge in [-0.2, -0.15) is 0 Å². The predicted molar refractivity (Wildman–Crippen MR) is 71.6 cm³/mol. The van der Waals surface area contributed by atoms with Crippen molar-refractivity contribution in [2.75, 3.05) is 18.4 Å². The lowest BCUT2D eigenvalue weighted by Gasteiger charge is -2.12. The van der Waals surface area contributed by atoms with Crippen LogP contribution in [0.25, 0.3) is 0 Å². The average molecular weight is 251 g/mol. The monoisotopic (exact) mass is 251 g/mol. The first kappa shape index (κ1) is 14.4. The molecular weight excluding hydrogens is 230 g/mol. The Morgan fingerprint density at radius 3 is 2.94 bits per heavy atom. The summed E-state index contributed by atoms with van der Waals surface area (Å²) in [6, 6.07) is 3.46. The Bertz CT molecular complexity index is 382. The molecule has 3 N–H and O–H groups in total. The zero-order valence-electron chi connectivity index (χ0n) is 10.9. The number of aliphatic hydroxyl groups excluding tert-OH is 1. The van der Waals surface area contributed by atoms with E-state index in [2.05, 4.69) is 15.6 Å². The Morgan fingerprint density at radius 1 is 1.50 bits per heavy atom. The molecular formula is C13H21N3O2. The molecule has 1 amide bonds. The van der Waals surface area contributed by atoms with Gasteiger partial charge in [0.2, 0.25) is 0 Å². The van der Waals surface area contributed by atoms with Crippen LogP contribution in [0.15, 0.2) is 18.3 Å². The summed E-state index contributed by atoms with van der Waals surface area (Å²) in [5.41, 5.74) is 1.17. The van der Waals surface area contributed by atoms with E-state index in [1.54, 1.807) is 18.3 Å². The Balaban J connectivity index is 2.56. The fourth-order valence-electron chi connectivity index (χ4n) is 1.59. The molecule has 1 aromatic rings. The van der Waals surface area contributed by atoms with Gasteiger partial charge >= 0.3 is 0 Å². The zero-order chi connectivity index (χ0) is 13.4. The minimum Gasteiger partial charge on any atom is -0.391 e. The third-order valence-electron chi connectivity index (χ3n) is 2.49. The molecule has 0 bridgehead atoms. The maximum Gasteiger partial charge on any atom is 0.269 e. The minimum absolute atomic E-state index is 0.185. The van der Waals surface area contributed by atoms with E-state index in [-0.39, 0.29) is 12.0 Å². The third-order valence-corrected chi connectivity index (χ3v) is 2.49. The van der Waals surface area contributed by atoms with Gasteiger partial charge in [0.15, 0.2) is 0 Å². The number of carbonyl (C=O) groups is 1. The first-order chi connectivity index (χ1) is 8.67. The Kier molecular flexibility index (Phi) is 6.14. The second-order valence-corrected chi connectivity index (χ2v) is 4.11. The molecule has 0 aliphatic rings. The van der Waals surface area contributed by atoms with Crippen LogP contribution in [0.1, 0.15) is 37.2 Å². The molecule has 0 aromatic carbocycles. The topological polar surface area (TPSA) is 74.2 Å². The second-order valence-electron chi connectivity index (χ2n) is 4.11. The van der Waals surface area contributed by atoms with Crippen LogP contribution in [0.2, 0.25) is 0 Å². The van der Waals surface area contributed by atoms with E-state index >= 15 is 0 Å². The maximum absolute atomic E-state index is 11.6. The van der Waals surface area contributed by atoms with Crippen molar-refractivity contribution in [3.63, 3.8) is 0 Å². The maximum atomic E-state index is 11.6. The van der Waals surface area contributed by atoms with Gasteiger partial charge in [-0.15, -0.1) is 0 Å². The summed E-state index contributed by atoms with van der Waals surface area (Å²) < 4.78 is 0. The van der Waals surface area contributed by atoms with Gasteiger partial charge in [0, 0.05) is 25.0 Å². The van der Waals surface area contributed by atoms with Crippen LogP contribution >= 0.6 is 0 Å². The standard InChI is InChI=1S/C13H21N3O2/c1-3-5-11(17)9-16-10-6-7-15-12(8-10)13(18)14-4-2/h6-8,11,17H,3-5,9H2,1-2H3,(H,14,18)(H,15,16). The van der Waals surface area contributed by atoms with Gasteiger partial charge in [-0.1, -0.05) is 13.3 Å². The molecule has 0 aliphatic heterocycles. The number of amides is 1. The predicted octanol–water partition coefficient (Wildman–Crippen LogP) is 1.40. The Labute approximate surface area is 108 Å². The molecule has 1 rings (SSSR count). The van der Waals surface area contributed by atoms with Gasteiger partial charge in [0.25, 0.3) is 5.91 Å². The highest BCUT2D eigenvalue weighted by Gasteiger charge is 2.07. The average Bonchev–Trinajstić information content (AvgIpc) is 2.37. The highest BCUT2D eigenvalue weighted by Crippen LogP contribution is 2.08. The van der Waals surface area contributed by atoms with Crippen LogP contribution in [-0.2, 0) is 0 Å². The van der Waals surface area contributed by atoms with Crippen molar-refractivity contribution in [2.45, 2.75) is 32.8 Å². The number of carbonyl (C=O) groups excluding carboxylic acids is 1. The number of aromatic nitrogens is 1. The minimum atomic E-state index is -0.365. The fourth-order valence-corrected chi connectivity index (χ4v) is 1.59. The van der Waals surface area contributed by atoms with Crippen LogP contribution < -0.4 is 10.6 Å². The molecule has 1 aromatic heterocycles. The van der Waals surface area contributed by atoms with E-state index in [0.29, 0.717) is 18.8 Å². The molecule has 1 atom stereocenters. The first-order valence-corrected chi connectivity index (χ1v) is 6.33. The zero-order valence-corrected chi connectivity index (χ0v) is 10.9. The third kappa shape index (κ3) is 4.71. The van der Waals surface area contributed by atoms with Crippen LogP contribution in [-0.4, -0.2) is 35.2 Å². The lowest BCUT2D eigenvalue weighted by molar-refractivity contribution is 0.0951. The fraction of sp³-hybridized carbons (Fsp3) is 0.538.